The normalized spacial score (nSPS) is 14.9. The van der Waals surface area contributed by atoms with E-state index in [0.29, 0.717) is 16.8 Å². The van der Waals surface area contributed by atoms with Crippen molar-refractivity contribution < 1.29 is 17.7 Å². The van der Waals surface area contributed by atoms with Crippen molar-refractivity contribution in [1.82, 2.24) is 19.9 Å². The Morgan fingerprint density at radius 2 is 1.64 bits per heavy atom. The molecule has 0 bridgehead atoms. The fourth-order valence-electron chi connectivity index (χ4n) is 4.10. The molecule has 3 heterocycles. The van der Waals surface area contributed by atoms with E-state index < -0.39 is 22.9 Å². The summed E-state index contributed by atoms with van der Waals surface area (Å²) in [7, 11) is 0. The first-order valence-corrected chi connectivity index (χ1v) is 13.4. The summed E-state index contributed by atoms with van der Waals surface area (Å²) < 4.78 is 51.8. The molecule has 0 radical (unpaired) electrons. The topological polar surface area (TPSA) is 65.7 Å². The fourth-order valence-corrected chi connectivity index (χ4v) is 4.70. The van der Waals surface area contributed by atoms with Crippen LogP contribution in [0.25, 0.3) is 27.9 Å². The van der Waals surface area contributed by atoms with E-state index in [4.69, 9.17) is 0 Å². The van der Waals surface area contributed by atoms with Crippen molar-refractivity contribution in [3.8, 4) is 22.3 Å². The van der Waals surface area contributed by atoms with Crippen molar-refractivity contribution in [2.45, 2.75) is 24.9 Å². The van der Waals surface area contributed by atoms with Crippen LogP contribution in [0.1, 0.15) is 19.4 Å². The lowest BCUT2D eigenvalue weighted by Gasteiger charge is -2.29. The minimum absolute atomic E-state index is 0.213. The van der Waals surface area contributed by atoms with Gasteiger partial charge in [-0.15, -0.1) is 0 Å². The predicted octanol–water partition coefficient (Wildman–Crippen LogP) is 5.60. The van der Waals surface area contributed by atoms with Crippen molar-refractivity contribution in [3.05, 3.63) is 66.6 Å². The number of piperazine rings is 1. The highest BCUT2D eigenvalue weighted by atomic mass is 32.2. The number of benzene rings is 2. The summed E-state index contributed by atoms with van der Waals surface area (Å²) in [5.41, 5.74) is 3.41. The molecule has 1 atom stereocenters. The van der Waals surface area contributed by atoms with E-state index in [2.05, 4.69) is 32.4 Å². The van der Waals surface area contributed by atoms with E-state index >= 15 is 0 Å². The number of aromatic nitrogens is 3. The molecule has 36 heavy (non-hydrogen) atoms. The average Bonchev–Trinajstić information content (AvgIpc) is 3.33. The standard InChI is InChI=1S/C24H23F3N5OS.C2H6/c1-34(33)21-11-17(10-19(12-21)24(25,26)27)22-14-30-32-15-18(13-29-23(22)32)16-2-4-20(5-3-16)31-8-6-28-7-9-31;1-2/h2-5,10-15,28,33H,6-9H2,1H3;1-2H3/q+1;. The number of hydrogen-bond donors (Lipinski definition) is 2. The van der Waals surface area contributed by atoms with Gasteiger partial charge >= 0.3 is 6.18 Å². The second kappa shape index (κ2) is 10.9. The first kappa shape index (κ1) is 26.0. The van der Waals surface area contributed by atoms with Gasteiger partial charge in [-0.3, -0.25) is 0 Å². The Balaban J connectivity index is 0.00000148. The van der Waals surface area contributed by atoms with Crippen LogP contribution in [0.2, 0.25) is 0 Å². The van der Waals surface area contributed by atoms with Gasteiger partial charge in [0.25, 0.3) is 0 Å². The number of alkyl halides is 3. The van der Waals surface area contributed by atoms with E-state index in [-0.39, 0.29) is 4.90 Å². The molecule has 1 aliphatic rings. The maximum atomic E-state index is 13.4. The van der Waals surface area contributed by atoms with Gasteiger partial charge < -0.3 is 10.2 Å². The van der Waals surface area contributed by atoms with E-state index in [9.17, 15) is 17.7 Å². The van der Waals surface area contributed by atoms with Gasteiger partial charge in [0, 0.05) is 67.5 Å². The van der Waals surface area contributed by atoms with Gasteiger partial charge in [-0.2, -0.15) is 22.8 Å². The third kappa shape index (κ3) is 5.50. The summed E-state index contributed by atoms with van der Waals surface area (Å²) in [6, 6.07) is 11.8. The summed E-state index contributed by atoms with van der Waals surface area (Å²) in [5.74, 6) is 0. The molecule has 0 spiro atoms. The fraction of sp³-hybridized carbons (Fsp3) is 0.308. The number of anilines is 1. The zero-order valence-corrected chi connectivity index (χ0v) is 21.2. The zero-order chi connectivity index (χ0) is 25.9. The van der Waals surface area contributed by atoms with Gasteiger partial charge in [-0.1, -0.05) is 26.0 Å². The van der Waals surface area contributed by atoms with Gasteiger partial charge in [-0.05, 0) is 29.3 Å². The predicted molar refractivity (Wildman–Crippen MR) is 139 cm³/mol. The molecule has 1 fully saturated rings. The molecular formula is C26H29F3N5OS+. The Morgan fingerprint density at radius 3 is 2.28 bits per heavy atom. The second-order valence-electron chi connectivity index (χ2n) is 8.17. The molecule has 4 aromatic rings. The highest BCUT2D eigenvalue weighted by molar-refractivity contribution is 7.90. The molecule has 0 aliphatic carbocycles. The van der Waals surface area contributed by atoms with Crippen LogP contribution in [-0.4, -0.2) is 51.6 Å². The second-order valence-corrected chi connectivity index (χ2v) is 9.60. The maximum absolute atomic E-state index is 13.4. The molecule has 0 saturated carbocycles. The number of nitrogens with one attached hydrogen (secondary N) is 1. The number of halogens is 3. The van der Waals surface area contributed by atoms with E-state index in [0.717, 1.165) is 49.4 Å². The van der Waals surface area contributed by atoms with Gasteiger partial charge in [-0.25, -0.2) is 9.50 Å². The van der Waals surface area contributed by atoms with E-state index in [1.807, 2.05) is 32.2 Å². The molecule has 5 rings (SSSR count). The number of hydrogen-bond acceptors (Lipinski definition) is 5. The Hall–Kier alpha value is -3.08. The minimum atomic E-state index is -4.52. The molecule has 0 amide bonds. The quantitative estimate of drug-likeness (QED) is 0.346. The number of fused-ring (bicyclic) bond motifs is 1. The first-order valence-electron chi connectivity index (χ1n) is 11.8. The molecule has 1 unspecified atom stereocenters. The Bertz CT molecular complexity index is 1320. The molecule has 2 aromatic heterocycles. The third-order valence-corrected chi connectivity index (χ3v) is 6.84. The van der Waals surface area contributed by atoms with Gasteiger partial charge in [0.15, 0.2) is 21.7 Å². The SMILES string of the molecule is CC.C[S+](O)c1cc(-c2cnn3cc(-c4ccc(N5CCNCC5)cc4)cnc23)cc(C(F)(F)F)c1. The lowest BCUT2D eigenvalue weighted by Crippen LogP contribution is -2.43. The van der Waals surface area contributed by atoms with Crippen LogP contribution in [-0.2, 0) is 17.4 Å². The van der Waals surface area contributed by atoms with Gasteiger partial charge in [0.2, 0.25) is 0 Å². The molecule has 190 valence electrons. The van der Waals surface area contributed by atoms with Crippen LogP contribution < -0.4 is 10.2 Å². The van der Waals surface area contributed by atoms with Crippen LogP contribution in [0, 0.1) is 0 Å². The average molecular weight is 517 g/mol. The minimum Gasteiger partial charge on any atom is -0.369 e. The number of rotatable bonds is 4. The van der Waals surface area contributed by atoms with Crippen molar-refractivity contribution in [2.24, 2.45) is 0 Å². The Morgan fingerprint density at radius 1 is 0.944 bits per heavy atom. The smallest absolute Gasteiger partial charge is 0.369 e. The molecule has 10 heteroatoms. The maximum Gasteiger partial charge on any atom is 0.416 e. The highest BCUT2D eigenvalue weighted by Crippen LogP contribution is 2.36. The van der Waals surface area contributed by atoms with Crippen LogP contribution in [0.15, 0.2) is 66.0 Å². The van der Waals surface area contributed by atoms with Crippen LogP contribution >= 0.6 is 0 Å². The summed E-state index contributed by atoms with van der Waals surface area (Å²) in [4.78, 5) is 7.06. The van der Waals surface area contributed by atoms with E-state index in [1.165, 1.54) is 18.1 Å². The van der Waals surface area contributed by atoms with Gasteiger partial charge in [0.05, 0.1) is 11.8 Å². The molecular weight excluding hydrogens is 487 g/mol. The largest absolute Gasteiger partial charge is 0.416 e. The molecule has 2 N–H and O–H groups in total. The monoisotopic (exact) mass is 516 g/mol. The van der Waals surface area contributed by atoms with Gasteiger partial charge in [0.1, 0.15) is 6.26 Å². The number of nitrogens with zero attached hydrogens (tertiary/aromatic N) is 4. The van der Waals surface area contributed by atoms with E-state index in [1.54, 1.807) is 16.8 Å². The summed E-state index contributed by atoms with van der Waals surface area (Å²) in [5, 5.41) is 7.68. The van der Waals surface area contributed by atoms with Crippen molar-refractivity contribution in [2.75, 3.05) is 37.3 Å². The molecule has 1 saturated heterocycles. The van der Waals surface area contributed by atoms with Crippen molar-refractivity contribution in [3.63, 3.8) is 0 Å². The Labute approximate surface area is 211 Å². The van der Waals surface area contributed by atoms with Crippen molar-refractivity contribution >= 4 is 22.5 Å². The van der Waals surface area contributed by atoms with Crippen LogP contribution in [0.4, 0.5) is 18.9 Å². The Kier molecular flexibility index (Phi) is 7.87. The highest BCUT2D eigenvalue weighted by Gasteiger charge is 2.33. The summed E-state index contributed by atoms with van der Waals surface area (Å²) >= 11 is -1.32. The third-order valence-electron chi connectivity index (χ3n) is 5.93. The molecule has 6 nitrogen and oxygen atoms in total. The molecule has 2 aromatic carbocycles. The lowest BCUT2D eigenvalue weighted by molar-refractivity contribution is -0.137. The van der Waals surface area contributed by atoms with Crippen LogP contribution in [0.3, 0.4) is 0 Å². The first-order chi connectivity index (χ1) is 17.3. The lowest BCUT2D eigenvalue weighted by atomic mass is 10.0. The zero-order valence-electron chi connectivity index (χ0n) is 20.4. The molecule has 1 aliphatic heterocycles. The summed E-state index contributed by atoms with van der Waals surface area (Å²) in [6.07, 6.45) is 1.96. The van der Waals surface area contributed by atoms with Crippen LogP contribution in [0.5, 0.6) is 0 Å². The van der Waals surface area contributed by atoms with Crippen molar-refractivity contribution in [1.29, 1.82) is 0 Å². The summed E-state index contributed by atoms with van der Waals surface area (Å²) in [6.45, 7) is 7.87.